The zero-order valence-corrected chi connectivity index (χ0v) is 12.5. The highest BCUT2D eigenvalue weighted by atomic mass is 16.6. The highest BCUT2D eigenvalue weighted by Crippen LogP contribution is 2.22. The van der Waals surface area contributed by atoms with Gasteiger partial charge in [0.1, 0.15) is 5.75 Å². The zero-order chi connectivity index (χ0) is 16.3. The molecule has 0 radical (unpaired) electrons. The van der Waals surface area contributed by atoms with Gasteiger partial charge in [-0.15, -0.1) is 0 Å². The van der Waals surface area contributed by atoms with Crippen molar-refractivity contribution in [3.8, 4) is 5.75 Å². The lowest BCUT2D eigenvalue weighted by molar-refractivity contribution is -0.577. The summed E-state index contributed by atoms with van der Waals surface area (Å²) in [6.07, 6.45) is 0. The molecule has 9 heteroatoms. The van der Waals surface area contributed by atoms with E-state index < -0.39 is 10.5 Å². The van der Waals surface area contributed by atoms with Gasteiger partial charge in [-0.05, 0) is 26.2 Å². The van der Waals surface area contributed by atoms with E-state index in [0.29, 0.717) is 12.4 Å². The van der Waals surface area contributed by atoms with E-state index in [-0.39, 0.29) is 30.3 Å². The lowest BCUT2D eigenvalue weighted by Crippen LogP contribution is -2.63. The summed E-state index contributed by atoms with van der Waals surface area (Å²) in [7, 11) is 3.64. The summed E-state index contributed by atoms with van der Waals surface area (Å²) in [6.45, 7) is 1.15. The van der Waals surface area contributed by atoms with Gasteiger partial charge in [-0.3, -0.25) is 30.0 Å². The molecular formula is C13H18N4O5. The van der Waals surface area contributed by atoms with Crippen molar-refractivity contribution < 1.29 is 14.6 Å². The van der Waals surface area contributed by atoms with Crippen LogP contribution < -0.4 is 4.74 Å². The second kappa shape index (κ2) is 6.24. The first-order valence-electron chi connectivity index (χ1n) is 6.71. The number of ether oxygens (including phenoxy) is 1. The molecule has 1 heterocycles. The van der Waals surface area contributed by atoms with Crippen LogP contribution in [0.5, 0.6) is 5.75 Å². The molecule has 120 valence electrons. The Morgan fingerprint density at radius 3 is 2.14 bits per heavy atom. The Kier molecular flexibility index (Phi) is 4.57. The van der Waals surface area contributed by atoms with Gasteiger partial charge in [0.2, 0.25) is 0 Å². The third-order valence-electron chi connectivity index (χ3n) is 3.55. The van der Waals surface area contributed by atoms with Crippen molar-refractivity contribution in [1.82, 2.24) is 9.80 Å². The van der Waals surface area contributed by atoms with E-state index in [1.807, 2.05) is 23.9 Å². The molecule has 1 saturated heterocycles. The summed E-state index contributed by atoms with van der Waals surface area (Å²) < 4.78 is 5.52. The fourth-order valence-corrected chi connectivity index (χ4v) is 2.71. The molecule has 0 amide bonds. The minimum atomic E-state index is -1.22. The highest BCUT2D eigenvalue weighted by Gasteiger charge is 2.48. The van der Waals surface area contributed by atoms with Crippen LogP contribution in [-0.2, 0) is 0 Å². The van der Waals surface area contributed by atoms with Crippen molar-refractivity contribution >= 4 is 5.69 Å². The Labute approximate surface area is 127 Å². The molecule has 0 aliphatic carbocycles. The minimum absolute atomic E-state index is 0.0477. The third-order valence-corrected chi connectivity index (χ3v) is 3.55. The van der Waals surface area contributed by atoms with Crippen LogP contribution in [-0.4, -0.2) is 65.6 Å². The monoisotopic (exact) mass is 310 g/mol. The first-order valence-corrected chi connectivity index (χ1v) is 6.71. The number of benzene rings is 1. The van der Waals surface area contributed by atoms with Crippen LogP contribution in [0.4, 0.5) is 5.69 Å². The van der Waals surface area contributed by atoms with Crippen LogP contribution in [0.15, 0.2) is 24.3 Å². The van der Waals surface area contributed by atoms with Crippen LogP contribution in [0.25, 0.3) is 0 Å². The Bertz CT molecular complexity index is 552. The fraction of sp³-hybridized carbons (Fsp3) is 0.538. The molecule has 0 saturated carbocycles. The molecule has 0 atom stereocenters. The van der Waals surface area contributed by atoms with E-state index in [2.05, 4.69) is 0 Å². The predicted molar refractivity (Wildman–Crippen MR) is 78.4 cm³/mol. The number of nitro benzene ring substituents is 1. The van der Waals surface area contributed by atoms with Crippen molar-refractivity contribution in [2.75, 3.05) is 40.5 Å². The quantitative estimate of drug-likeness (QED) is 0.586. The van der Waals surface area contributed by atoms with Crippen molar-refractivity contribution in [2.24, 2.45) is 0 Å². The maximum Gasteiger partial charge on any atom is 0.280 e. The fourth-order valence-electron chi connectivity index (χ4n) is 2.71. The molecule has 0 aromatic heterocycles. The summed E-state index contributed by atoms with van der Waals surface area (Å²) in [5, 5.41) is 22.1. The van der Waals surface area contributed by atoms with Gasteiger partial charge < -0.3 is 4.74 Å². The SMILES string of the molecule is CN1CN(C)CC(COc2ccc([N+](=O)[O-])cc2)([N+](=O)[O-])C1. The van der Waals surface area contributed by atoms with Gasteiger partial charge in [0.15, 0.2) is 6.61 Å². The maximum absolute atomic E-state index is 11.5. The van der Waals surface area contributed by atoms with E-state index in [0.717, 1.165) is 0 Å². The third kappa shape index (κ3) is 3.49. The van der Waals surface area contributed by atoms with Gasteiger partial charge in [-0.1, -0.05) is 0 Å². The second-order valence-electron chi connectivity index (χ2n) is 5.69. The first kappa shape index (κ1) is 16.1. The normalized spacial score (nSPS) is 18.8. The van der Waals surface area contributed by atoms with Crippen molar-refractivity contribution in [2.45, 2.75) is 5.54 Å². The number of hydrogen-bond donors (Lipinski definition) is 0. The lowest BCUT2D eigenvalue weighted by atomic mass is 9.98. The molecule has 1 aromatic carbocycles. The molecule has 1 aromatic rings. The van der Waals surface area contributed by atoms with Crippen LogP contribution in [0.3, 0.4) is 0 Å². The van der Waals surface area contributed by atoms with Crippen molar-refractivity contribution in [1.29, 1.82) is 0 Å². The molecule has 1 aliphatic rings. The van der Waals surface area contributed by atoms with E-state index in [4.69, 9.17) is 4.74 Å². The molecule has 1 fully saturated rings. The minimum Gasteiger partial charge on any atom is -0.486 e. The van der Waals surface area contributed by atoms with E-state index in [1.54, 1.807) is 0 Å². The van der Waals surface area contributed by atoms with E-state index >= 15 is 0 Å². The summed E-state index contributed by atoms with van der Waals surface area (Å²) >= 11 is 0. The number of hydrogen-bond acceptors (Lipinski definition) is 7. The lowest BCUT2D eigenvalue weighted by Gasteiger charge is -2.39. The molecule has 0 bridgehead atoms. The van der Waals surface area contributed by atoms with Gasteiger partial charge in [0.25, 0.3) is 11.2 Å². The standard InChI is InChI=1S/C13H18N4O5/c1-14-7-13(17(20)21,8-15(2)10-14)9-22-12-5-3-11(4-6-12)16(18)19/h3-6H,7-10H2,1-2H3. The Balaban J connectivity index is 2.09. The van der Waals surface area contributed by atoms with E-state index in [9.17, 15) is 20.2 Å². The Morgan fingerprint density at radius 2 is 1.68 bits per heavy atom. The maximum atomic E-state index is 11.5. The molecule has 1 aliphatic heterocycles. The highest BCUT2D eigenvalue weighted by molar-refractivity contribution is 5.36. The van der Waals surface area contributed by atoms with Crippen molar-refractivity contribution in [3.63, 3.8) is 0 Å². The molecule has 0 unspecified atom stereocenters. The van der Waals surface area contributed by atoms with Crippen LogP contribution >= 0.6 is 0 Å². The second-order valence-corrected chi connectivity index (χ2v) is 5.69. The molecular weight excluding hydrogens is 292 g/mol. The average molecular weight is 310 g/mol. The first-order chi connectivity index (χ1) is 10.3. The van der Waals surface area contributed by atoms with Gasteiger partial charge >= 0.3 is 0 Å². The van der Waals surface area contributed by atoms with E-state index in [1.165, 1.54) is 24.3 Å². The van der Waals surface area contributed by atoms with Crippen molar-refractivity contribution in [3.05, 3.63) is 44.5 Å². The van der Waals surface area contributed by atoms with Crippen LogP contribution in [0.2, 0.25) is 0 Å². The number of nitrogens with zero attached hydrogens (tertiary/aromatic N) is 4. The molecule has 0 N–H and O–H groups in total. The smallest absolute Gasteiger partial charge is 0.280 e. The van der Waals surface area contributed by atoms with Gasteiger partial charge in [0.05, 0.1) is 24.7 Å². The Hall–Kier alpha value is -2.26. The largest absolute Gasteiger partial charge is 0.486 e. The molecule has 2 rings (SSSR count). The Morgan fingerprint density at radius 1 is 1.14 bits per heavy atom. The predicted octanol–water partition coefficient (Wildman–Crippen LogP) is 0.824. The number of rotatable bonds is 5. The number of non-ortho nitro benzene ring substituents is 1. The summed E-state index contributed by atoms with van der Waals surface area (Å²) in [5.74, 6) is 0.378. The topological polar surface area (TPSA) is 102 Å². The summed E-state index contributed by atoms with van der Waals surface area (Å²) in [4.78, 5) is 25.0. The van der Waals surface area contributed by atoms with Crippen LogP contribution in [0.1, 0.15) is 0 Å². The number of likely N-dealkylation sites (N-methyl/N-ethyl adjacent to an activating group) is 2. The molecule has 9 nitrogen and oxygen atoms in total. The van der Waals surface area contributed by atoms with Gasteiger partial charge in [-0.25, -0.2) is 0 Å². The van der Waals surface area contributed by atoms with Crippen LogP contribution in [0, 0.1) is 20.2 Å². The summed E-state index contributed by atoms with van der Waals surface area (Å²) in [5.41, 5.74) is -1.27. The molecule has 22 heavy (non-hydrogen) atoms. The van der Waals surface area contributed by atoms with Gasteiger partial charge in [-0.2, -0.15) is 0 Å². The van der Waals surface area contributed by atoms with Gasteiger partial charge in [0, 0.05) is 17.1 Å². The average Bonchev–Trinajstić information content (AvgIpc) is 2.44. The summed E-state index contributed by atoms with van der Waals surface area (Å²) in [6, 6.07) is 5.52. The zero-order valence-electron chi connectivity index (χ0n) is 12.5. The molecule has 0 spiro atoms. The number of nitro groups is 2.